The monoisotopic (exact) mass is 269 g/mol. The highest BCUT2D eigenvalue weighted by Gasteiger charge is 2.39. The average Bonchev–Trinajstić information content (AvgIpc) is 2.27. The number of hydrogen-bond acceptors (Lipinski definition) is 3. The van der Waals surface area contributed by atoms with E-state index in [2.05, 4.69) is 49.4 Å². The molecule has 106 valence electrons. The second kappa shape index (κ2) is 5.23. The maximum absolute atomic E-state index is 3.80. The van der Waals surface area contributed by atoms with Gasteiger partial charge in [-0.1, -0.05) is 33.9 Å². The molecule has 0 spiro atoms. The van der Waals surface area contributed by atoms with Crippen molar-refractivity contribution in [2.75, 3.05) is 32.7 Å². The summed E-state index contributed by atoms with van der Waals surface area (Å²) in [7, 11) is -1.15. The molecule has 2 aliphatic heterocycles. The van der Waals surface area contributed by atoms with Gasteiger partial charge in [0.2, 0.25) is 0 Å². The lowest BCUT2D eigenvalue weighted by molar-refractivity contribution is 0.110. The summed E-state index contributed by atoms with van der Waals surface area (Å²) in [6.07, 6.45) is 0. The molecule has 0 aromatic heterocycles. The van der Waals surface area contributed by atoms with Gasteiger partial charge < -0.3 is 10.6 Å². The number of rotatable bonds is 2. The van der Waals surface area contributed by atoms with E-state index in [1.54, 1.807) is 0 Å². The molecule has 0 radical (unpaired) electrons. The largest absolute Gasteiger partial charge is 0.314 e. The summed E-state index contributed by atoms with van der Waals surface area (Å²) < 4.78 is 0. The van der Waals surface area contributed by atoms with Gasteiger partial charge in [0.05, 0.1) is 8.07 Å². The Labute approximate surface area is 114 Å². The zero-order chi connectivity index (χ0) is 13.4. The Hall–Kier alpha value is 0.0969. The fourth-order valence-electron chi connectivity index (χ4n) is 2.95. The summed E-state index contributed by atoms with van der Waals surface area (Å²) >= 11 is 0. The molecule has 1 unspecified atom stereocenters. The molecular weight excluding hydrogens is 238 g/mol. The molecule has 2 atom stereocenters. The van der Waals surface area contributed by atoms with Gasteiger partial charge in [-0.05, 0) is 11.1 Å². The van der Waals surface area contributed by atoms with Crippen molar-refractivity contribution in [3.8, 4) is 0 Å². The molecule has 4 heteroatoms. The molecule has 0 bridgehead atoms. The Morgan fingerprint density at radius 3 is 2.61 bits per heavy atom. The molecule has 2 saturated heterocycles. The fourth-order valence-corrected chi connectivity index (χ4v) is 5.07. The normalized spacial score (nSPS) is 31.2. The summed E-state index contributed by atoms with van der Waals surface area (Å²) in [4.78, 5) is 2.70. The van der Waals surface area contributed by atoms with E-state index in [-0.39, 0.29) is 0 Å². The minimum atomic E-state index is -1.15. The lowest BCUT2D eigenvalue weighted by atomic mass is 10.1. The molecular formula is C14H31N3Si. The number of hydrogen-bond donors (Lipinski definition) is 2. The van der Waals surface area contributed by atoms with E-state index in [4.69, 9.17) is 0 Å². The number of nitrogens with zero attached hydrogens (tertiary/aromatic N) is 1. The number of piperazine rings is 2. The van der Waals surface area contributed by atoms with Crippen LogP contribution in [0.3, 0.4) is 0 Å². The van der Waals surface area contributed by atoms with Gasteiger partial charge >= 0.3 is 0 Å². The summed E-state index contributed by atoms with van der Waals surface area (Å²) in [6.45, 7) is 18.4. The highest BCUT2D eigenvalue weighted by Crippen LogP contribution is 2.39. The second-order valence-electron chi connectivity index (χ2n) is 7.80. The highest BCUT2D eigenvalue weighted by molar-refractivity contribution is 6.80. The molecule has 2 aliphatic rings. The van der Waals surface area contributed by atoms with Crippen LogP contribution in [-0.4, -0.2) is 57.8 Å². The lowest BCUT2D eigenvalue weighted by Gasteiger charge is -2.47. The van der Waals surface area contributed by atoms with E-state index in [0.29, 0.717) is 5.04 Å². The Kier molecular flexibility index (Phi) is 4.22. The van der Waals surface area contributed by atoms with E-state index >= 15 is 0 Å². The van der Waals surface area contributed by atoms with Gasteiger partial charge in [-0.2, -0.15) is 0 Å². The number of fused-ring (bicyclic) bond motifs is 1. The van der Waals surface area contributed by atoms with Crippen molar-refractivity contribution >= 4 is 8.07 Å². The van der Waals surface area contributed by atoms with Gasteiger partial charge in [0.25, 0.3) is 0 Å². The molecule has 2 N–H and O–H groups in total. The van der Waals surface area contributed by atoms with Gasteiger partial charge in [-0.25, -0.2) is 0 Å². The maximum atomic E-state index is 3.80. The molecule has 2 heterocycles. The van der Waals surface area contributed by atoms with Crippen LogP contribution < -0.4 is 10.6 Å². The van der Waals surface area contributed by atoms with Gasteiger partial charge in [0.15, 0.2) is 0 Å². The first kappa shape index (κ1) is 14.5. The van der Waals surface area contributed by atoms with Crippen LogP contribution in [0.15, 0.2) is 0 Å². The molecule has 18 heavy (non-hydrogen) atoms. The van der Waals surface area contributed by atoms with Crippen molar-refractivity contribution in [2.24, 2.45) is 0 Å². The Bertz CT molecular complexity index is 285. The van der Waals surface area contributed by atoms with E-state index in [0.717, 1.165) is 12.1 Å². The van der Waals surface area contributed by atoms with Crippen molar-refractivity contribution < 1.29 is 0 Å². The second-order valence-corrected chi connectivity index (χ2v) is 13.5. The zero-order valence-electron chi connectivity index (χ0n) is 12.8. The minimum Gasteiger partial charge on any atom is -0.314 e. The first-order chi connectivity index (χ1) is 8.29. The van der Waals surface area contributed by atoms with Crippen LogP contribution in [0.2, 0.25) is 24.2 Å². The molecule has 0 amide bonds. The molecule has 3 nitrogen and oxygen atoms in total. The van der Waals surface area contributed by atoms with Crippen LogP contribution in [-0.2, 0) is 0 Å². The quantitative estimate of drug-likeness (QED) is 0.748. The fraction of sp³-hybridized carbons (Fsp3) is 1.00. The maximum Gasteiger partial charge on any atom is 0.0543 e. The smallest absolute Gasteiger partial charge is 0.0543 e. The van der Waals surface area contributed by atoms with Crippen molar-refractivity contribution in [3.05, 3.63) is 0 Å². The Morgan fingerprint density at radius 2 is 1.94 bits per heavy atom. The Balaban J connectivity index is 1.91. The van der Waals surface area contributed by atoms with Crippen molar-refractivity contribution in [1.82, 2.24) is 15.5 Å². The van der Waals surface area contributed by atoms with Crippen molar-refractivity contribution in [3.63, 3.8) is 0 Å². The van der Waals surface area contributed by atoms with Crippen LogP contribution in [0.1, 0.15) is 20.8 Å². The SMILES string of the molecule is CC(C)(C)[Si](C)(C)C[C@H]1CN2CCNCC2CN1. The third kappa shape index (κ3) is 3.16. The van der Waals surface area contributed by atoms with Crippen LogP contribution >= 0.6 is 0 Å². The minimum absolute atomic E-state index is 0.509. The first-order valence-corrected chi connectivity index (χ1v) is 10.7. The summed E-state index contributed by atoms with van der Waals surface area (Å²) in [5.74, 6) is 0. The first-order valence-electron chi connectivity index (χ1n) is 7.48. The predicted molar refractivity (Wildman–Crippen MR) is 82.0 cm³/mol. The average molecular weight is 270 g/mol. The van der Waals surface area contributed by atoms with E-state index in [1.165, 1.54) is 38.8 Å². The topological polar surface area (TPSA) is 27.3 Å². The third-order valence-electron chi connectivity index (χ3n) is 5.36. The Morgan fingerprint density at radius 1 is 1.22 bits per heavy atom. The van der Waals surface area contributed by atoms with Crippen LogP contribution in [0.4, 0.5) is 0 Å². The molecule has 2 fully saturated rings. The third-order valence-corrected chi connectivity index (χ3v) is 10.9. The van der Waals surface area contributed by atoms with Crippen LogP contribution in [0, 0.1) is 0 Å². The summed E-state index contributed by atoms with van der Waals surface area (Å²) in [5, 5.41) is 7.81. The van der Waals surface area contributed by atoms with Crippen molar-refractivity contribution in [1.29, 1.82) is 0 Å². The summed E-state index contributed by atoms with van der Waals surface area (Å²) in [5.41, 5.74) is 0. The van der Waals surface area contributed by atoms with Crippen molar-refractivity contribution in [2.45, 2.75) is 57.0 Å². The molecule has 0 aromatic rings. The molecule has 2 rings (SSSR count). The molecule has 0 aliphatic carbocycles. The molecule has 0 aromatic carbocycles. The zero-order valence-corrected chi connectivity index (χ0v) is 13.8. The van der Waals surface area contributed by atoms with Gasteiger partial charge in [-0.3, -0.25) is 4.90 Å². The van der Waals surface area contributed by atoms with Gasteiger partial charge in [0, 0.05) is 44.8 Å². The van der Waals surface area contributed by atoms with Gasteiger partial charge in [-0.15, -0.1) is 0 Å². The van der Waals surface area contributed by atoms with Crippen LogP contribution in [0.5, 0.6) is 0 Å². The highest BCUT2D eigenvalue weighted by atomic mass is 28.3. The molecule has 0 saturated carbocycles. The van der Waals surface area contributed by atoms with E-state index in [1.807, 2.05) is 0 Å². The lowest BCUT2D eigenvalue weighted by Crippen LogP contribution is -2.64. The van der Waals surface area contributed by atoms with E-state index < -0.39 is 8.07 Å². The predicted octanol–water partition coefficient (Wildman–Crippen LogP) is 1.74. The summed E-state index contributed by atoms with van der Waals surface area (Å²) in [6, 6.07) is 2.86. The number of nitrogens with one attached hydrogen (secondary N) is 2. The van der Waals surface area contributed by atoms with Crippen LogP contribution in [0.25, 0.3) is 0 Å². The van der Waals surface area contributed by atoms with E-state index in [9.17, 15) is 0 Å². The standard InChI is InChI=1S/C14H31N3Si/c1-14(2,3)18(4,5)11-12-10-17-7-6-15-8-13(17)9-16-12/h12-13,15-16H,6-11H2,1-5H3/t12-,13?/m1/s1. The van der Waals surface area contributed by atoms with Gasteiger partial charge in [0.1, 0.15) is 0 Å².